The number of benzene rings is 4. The molecule has 0 aliphatic rings. The van der Waals surface area contributed by atoms with Crippen molar-refractivity contribution in [1.82, 2.24) is 9.55 Å². The number of nitrogens with zero attached hydrogens (tertiary/aromatic N) is 2. The van der Waals surface area contributed by atoms with Gasteiger partial charge in [0.25, 0.3) is 0 Å². The molecule has 0 aliphatic carbocycles. The van der Waals surface area contributed by atoms with E-state index < -0.39 is 0 Å². The molecule has 0 atom stereocenters. The Bertz CT molecular complexity index is 1430. The van der Waals surface area contributed by atoms with Crippen LogP contribution in [-0.2, 0) is 24.4 Å². The van der Waals surface area contributed by atoms with Crippen molar-refractivity contribution in [1.29, 1.82) is 0 Å². The number of amides is 1. The lowest BCUT2D eigenvalue weighted by atomic mass is 10.1. The molecule has 0 unspecified atom stereocenters. The molecule has 5 rings (SSSR count). The first-order valence-electron chi connectivity index (χ1n) is 11.2. The van der Waals surface area contributed by atoms with Gasteiger partial charge in [-0.1, -0.05) is 73.7 Å². The molecule has 0 aliphatic heterocycles. The quantitative estimate of drug-likeness (QED) is 0.343. The number of nitrogens with one attached hydrogen (secondary N) is 1. The van der Waals surface area contributed by atoms with E-state index in [2.05, 4.69) is 24.4 Å². The van der Waals surface area contributed by atoms with Gasteiger partial charge in [-0.05, 0) is 41.6 Å². The van der Waals surface area contributed by atoms with Crippen molar-refractivity contribution in [2.24, 2.45) is 0 Å². The zero-order chi connectivity index (χ0) is 22.6. The average molecular weight is 436 g/mol. The highest BCUT2D eigenvalue weighted by Crippen LogP contribution is 2.26. The summed E-state index contributed by atoms with van der Waals surface area (Å²) in [5, 5.41) is 5.24. The number of hydrogen-bond donors (Lipinski definition) is 1. The van der Waals surface area contributed by atoms with E-state index in [0.29, 0.717) is 5.82 Å². The largest absolute Gasteiger partial charge is 0.485 e. The number of carbonyl (C=O) groups excluding carboxylic acids is 1. The summed E-state index contributed by atoms with van der Waals surface area (Å²) in [5.41, 5.74) is 3.72. The molecular weight excluding hydrogens is 410 g/mol. The number of fused-ring (bicyclic) bond motifs is 2. The minimum Gasteiger partial charge on any atom is -0.485 e. The summed E-state index contributed by atoms with van der Waals surface area (Å²) in [6, 6.07) is 29.9. The molecule has 0 radical (unpaired) electrons. The summed E-state index contributed by atoms with van der Waals surface area (Å²) in [7, 11) is 0. The predicted octanol–water partition coefficient (Wildman–Crippen LogP) is 5.97. The Balaban J connectivity index is 1.42. The lowest BCUT2D eigenvalue weighted by Crippen LogP contribution is -2.21. The molecule has 5 nitrogen and oxygen atoms in total. The van der Waals surface area contributed by atoms with Crippen LogP contribution >= 0.6 is 0 Å². The zero-order valence-corrected chi connectivity index (χ0v) is 18.5. The zero-order valence-electron chi connectivity index (χ0n) is 18.5. The molecule has 4 aromatic carbocycles. The Labute approximate surface area is 192 Å². The molecule has 1 aromatic heterocycles. The van der Waals surface area contributed by atoms with E-state index in [0.717, 1.165) is 45.2 Å². The Morgan fingerprint density at radius 1 is 0.909 bits per heavy atom. The van der Waals surface area contributed by atoms with Crippen LogP contribution in [0.25, 0.3) is 21.8 Å². The Morgan fingerprint density at radius 3 is 2.58 bits per heavy atom. The number of hydrogen-bond acceptors (Lipinski definition) is 3. The van der Waals surface area contributed by atoms with E-state index >= 15 is 0 Å². The monoisotopic (exact) mass is 435 g/mol. The first-order chi connectivity index (χ1) is 16.2. The topological polar surface area (TPSA) is 56.2 Å². The fraction of sp³-hybridized carbons (Fsp3) is 0.143. The highest BCUT2D eigenvalue weighted by atomic mass is 16.5. The van der Waals surface area contributed by atoms with Gasteiger partial charge in [0, 0.05) is 11.1 Å². The minimum atomic E-state index is -0.0922. The second-order valence-corrected chi connectivity index (χ2v) is 7.93. The molecule has 0 bridgehead atoms. The third-order valence-corrected chi connectivity index (χ3v) is 5.81. The molecule has 1 N–H and O–H groups in total. The molecule has 5 heteroatoms. The number of carbonyl (C=O) groups is 1. The van der Waals surface area contributed by atoms with Gasteiger partial charge in [-0.25, -0.2) is 4.98 Å². The highest BCUT2D eigenvalue weighted by molar-refractivity contribution is 5.92. The van der Waals surface area contributed by atoms with Gasteiger partial charge in [0.2, 0.25) is 5.91 Å². The lowest BCUT2D eigenvalue weighted by Gasteiger charge is -2.13. The third-order valence-electron chi connectivity index (χ3n) is 5.81. The number of anilines is 1. The maximum absolute atomic E-state index is 13.0. The molecule has 0 saturated heterocycles. The molecule has 0 fully saturated rings. The van der Waals surface area contributed by atoms with Crippen LogP contribution in [0.15, 0.2) is 91.0 Å². The molecule has 0 saturated carbocycles. The van der Waals surface area contributed by atoms with Gasteiger partial charge in [0.05, 0.1) is 11.0 Å². The normalized spacial score (nSPS) is 11.1. The van der Waals surface area contributed by atoms with Crippen molar-refractivity contribution in [2.45, 2.75) is 26.5 Å². The molecule has 5 aromatic rings. The van der Waals surface area contributed by atoms with E-state index in [1.807, 2.05) is 83.4 Å². The van der Waals surface area contributed by atoms with Crippen LogP contribution in [0.4, 0.5) is 5.69 Å². The Hall–Kier alpha value is -4.12. The fourth-order valence-corrected chi connectivity index (χ4v) is 4.16. The van der Waals surface area contributed by atoms with Gasteiger partial charge in [-0.3, -0.25) is 4.79 Å². The molecule has 1 amide bonds. The van der Waals surface area contributed by atoms with Gasteiger partial charge in [-0.2, -0.15) is 0 Å². The average Bonchev–Trinajstić information content (AvgIpc) is 3.20. The van der Waals surface area contributed by atoms with Crippen molar-refractivity contribution in [3.63, 3.8) is 0 Å². The van der Waals surface area contributed by atoms with Gasteiger partial charge in [0.15, 0.2) is 0 Å². The standard InChI is InChI=1S/C28H25N3O2/c1-2-20-10-4-6-14-23(20)30-28(32)18-31-25-16-8-7-15-24(25)29-27(31)19-33-26-17-9-12-21-11-3-5-13-22(21)26/h3-17H,2,18-19H2,1H3,(H,30,32). The van der Waals surface area contributed by atoms with Crippen LogP contribution in [-0.4, -0.2) is 15.5 Å². The van der Waals surface area contributed by atoms with Gasteiger partial charge >= 0.3 is 0 Å². The second kappa shape index (κ2) is 9.17. The summed E-state index contributed by atoms with van der Waals surface area (Å²) in [6.07, 6.45) is 0.856. The van der Waals surface area contributed by atoms with Crippen LogP contribution in [0.1, 0.15) is 18.3 Å². The summed E-state index contributed by atoms with van der Waals surface area (Å²) >= 11 is 0. The van der Waals surface area contributed by atoms with E-state index in [1.165, 1.54) is 0 Å². The minimum absolute atomic E-state index is 0.0922. The molecule has 164 valence electrons. The van der Waals surface area contributed by atoms with E-state index in [-0.39, 0.29) is 19.1 Å². The van der Waals surface area contributed by atoms with Crippen molar-refractivity contribution >= 4 is 33.4 Å². The van der Waals surface area contributed by atoms with E-state index in [9.17, 15) is 4.79 Å². The van der Waals surface area contributed by atoms with Crippen LogP contribution in [0.5, 0.6) is 5.75 Å². The molecule has 33 heavy (non-hydrogen) atoms. The second-order valence-electron chi connectivity index (χ2n) is 7.93. The maximum Gasteiger partial charge on any atom is 0.244 e. The lowest BCUT2D eigenvalue weighted by molar-refractivity contribution is -0.116. The first-order valence-corrected chi connectivity index (χ1v) is 11.2. The smallest absolute Gasteiger partial charge is 0.244 e. The Kier molecular flexibility index (Phi) is 5.77. The molecule has 0 spiro atoms. The predicted molar refractivity (Wildman–Crippen MR) is 132 cm³/mol. The SMILES string of the molecule is CCc1ccccc1NC(=O)Cn1c(COc2cccc3ccccc23)nc2ccccc21. The summed E-state index contributed by atoms with van der Waals surface area (Å²) < 4.78 is 8.13. The fourth-order valence-electron chi connectivity index (χ4n) is 4.16. The maximum atomic E-state index is 13.0. The van der Waals surface area contributed by atoms with E-state index in [4.69, 9.17) is 9.72 Å². The van der Waals surface area contributed by atoms with Crippen molar-refractivity contribution in [3.05, 3.63) is 102 Å². The third kappa shape index (κ3) is 4.30. The van der Waals surface area contributed by atoms with Gasteiger partial charge < -0.3 is 14.6 Å². The number of para-hydroxylation sites is 3. The number of imidazole rings is 1. The number of ether oxygens (including phenoxy) is 1. The van der Waals surface area contributed by atoms with Crippen LogP contribution in [0.3, 0.4) is 0 Å². The van der Waals surface area contributed by atoms with Crippen molar-refractivity contribution in [3.8, 4) is 5.75 Å². The summed E-state index contributed by atoms with van der Waals surface area (Å²) in [5.74, 6) is 1.42. The molecular formula is C28H25N3O2. The van der Waals surface area contributed by atoms with Crippen LogP contribution in [0.2, 0.25) is 0 Å². The summed E-state index contributed by atoms with van der Waals surface area (Å²) in [4.78, 5) is 17.8. The van der Waals surface area contributed by atoms with Gasteiger partial charge in [0.1, 0.15) is 24.7 Å². The first kappa shape index (κ1) is 20.8. The van der Waals surface area contributed by atoms with Crippen LogP contribution < -0.4 is 10.1 Å². The highest BCUT2D eigenvalue weighted by Gasteiger charge is 2.15. The van der Waals surface area contributed by atoms with Crippen molar-refractivity contribution in [2.75, 3.05) is 5.32 Å². The van der Waals surface area contributed by atoms with Crippen LogP contribution in [0, 0.1) is 0 Å². The van der Waals surface area contributed by atoms with Gasteiger partial charge in [-0.15, -0.1) is 0 Å². The van der Waals surface area contributed by atoms with Crippen molar-refractivity contribution < 1.29 is 9.53 Å². The van der Waals surface area contributed by atoms with E-state index in [1.54, 1.807) is 0 Å². The number of rotatable bonds is 7. The number of aryl methyl sites for hydroxylation is 1. The summed E-state index contributed by atoms with van der Waals surface area (Å²) in [6.45, 7) is 2.51. The number of aromatic nitrogens is 2. The molecule has 1 heterocycles. The Morgan fingerprint density at radius 2 is 1.67 bits per heavy atom.